The van der Waals surface area contributed by atoms with Crippen LogP contribution in [0.15, 0.2) is 0 Å². The van der Waals surface area contributed by atoms with Gasteiger partial charge in [-0.05, 0) is 19.8 Å². The fraction of sp³-hybridized carbons (Fsp3) is 1.00. The molecule has 2 heterocycles. The first kappa shape index (κ1) is 12.3. The summed E-state index contributed by atoms with van der Waals surface area (Å²) in [7, 11) is 0. The lowest BCUT2D eigenvalue weighted by molar-refractivity contribution is 0.0364. The second kappa shape index (κ2) is 6.55. The van der Waals surface area contributed by atoms with Crippen LogP contribution in [0.4, 0.5) is 0 Å². The van der Waals surface area contributed by atoms with Gasteiger partial charge in [-0.15, -0.1) is 0 Å². The van der Waals surface area contributed by atoms with Gasteiger partial charge in [0.25, 0.3) is 0 Å². The molecule has 0 aromatic heterocycles. The molecule has 2 unspecified atom stereocenters. The molecule has 4 nitrogen and oxygen atoms in total. The molecular weight excluding hydrogens is 204 g/mol. The zero-order chi connectivity index (χ0) is 11.2. The van der Waals surface area contributed by atoms with E-state index in [0.717, 1.165) is 46.0 Å². The fourth-order valence-electron chi connectivity index (χ4n) is 2.40. The second-order valence-corrected chi connectivity index (χ2v) is 4.75. The van der Waals surface area contributed by atoms with Crippen molar-refractivity contribution in [3.8, 4) is 0 Å². The van der Waals surface area contributed by atoms with Crippen LogP contribution in [0.25, 0.3) is 0 Å². The largest absolute Gasteiger partial charge is 0.379 e. The van der Waals surface area contributed by atoms with Gasteiger partial charge in [0.15, 0.2) is 0 Å². The third-order valence-corrected chi connectivity index (χ3v) is 3.52. The first-order valence-corrected chi connectivity index (χ1v) is 6.51. The second-order valence-electron chi connectivity index (χ2n) is 4.75. The number of hydrogen-bond donors (Lipinski definition) is 1. The molecule has 4 heteroatoms. The smallest absolute Gasteiger partial charge is 0.0726 e. The lowest BCUT2D eigenvalue weighted by atomic mass is 10.1. The molecule has 2 aliphatic heterocycles. The van der Waals surface area contributed by atoms with E-state index in [2.05, 4.69) is 17.1 Å². The van der Waals surface area contributed by atoms with Crippen LogP contribution in [-0.2, 0) is 9.47 Å². The number of nitrogens with one attached hydrogen (secondary N) is 1. The molecule has 0 aromatic carbocycles. The highest BCUT2D eigenvalue weighted by molar-refractivity contribution is 4.77. The molecule has 0 spiro atoms. The summed E-state index contributed by atoms with van der Waals surface area (Å²) in [4.78, 5) is 2.46. The van der Waals surface area contributed by atoms with E-state index in [0.29, 0.717) is 12.1 Å². The average molecular weight is 228 g/mol. The quantitative estimate of drug-likeness (QED) is 0.742. The van der Waals surface area contributed by atoms with Crippen molar-refractivity contribution in [2.75, 3.05) is 46.0 Å². The first-order valence-electron chi connectivity index (χ1n) is 6.51. The number of morpholine rings is 1. The van der Waals surface area contributed by atoms with Gasteiger partial charge in [-0.25, -0.2) is 0 Å². The minimum Gasteiger partial charge on any atom is -0.379 e. The highest BCUT2D eigenvalue weighted by Gasteiger charge is 2.21. The molecule has 0 bridgehead atoms. The molecule has 2 saturated heterocycles. The maximum Gasteiger partial charge on any atom is 0.0726 e. The van der Waals surface area contributed by atoms with Crippen LogP contribution in [0.2, 0.25) is 0 Å². The minimum atomic E-state index is 0.435. The molecule has 0 radical (unpaired) electrons. The van der Waals surface area contributed by atoms with E-state index in [9.17, 15) is 0 Å². The summed E-state index contributed by atoms with van der Waals surface area (Å²) in [6.45, 7) is 9.30. The summed E-state index contributed by atoms with van der Waals surface area (Å²) in [6.07, 6.45) is 2.87. The van der Waals surface area contributed by atoms with Gasteiger partial charge in [0.2, 0.25) is 0 Å². The van der Waals surface area contributed by atoms with Crippen LogP contribution in [0, 0.1) is 0 Å². The Morgan fingerprint density at radius 1 is 1.31 bits per heavy atom. The predicted molar refractivity (Wildman–Crippen MR) is 63.7 cm³/mol. The molecule has 1 N–H and O–H groups in total. The lowest BCUT2D eigenvalue weighted by Gasteiger charge is -2.28. The number of hydrogen-bond acceptors (Lipinski definition) is 4. The van der Waals surface area contributed by atoms with E-state index in [1.807, 2.05) is 0 Å². The van der Waals surface area contributed by atoms with Gasteiger partial charge in [-0.3, -0.25) is 4.90 Å². The van der Waals surface area contributed by atoms with Gasteiger partial charge in [-0.1, -0.05) is 0 Å². The third-order valence-electron chi connectivity index (χ3n) is 3.52. The van der Waals surface area contributed by atoms with Crippen molar-refractivity contribution < 1.29 is 9.47 Å². The molecule has 16 heavy (non-hydrogen) atoms. The topological polar surface area (TPSA) is 33.7 Å². The van der Waals surface area contributed by atoms with Crippen molar-refractivity contribution in [3.63, 3.8) is 0 Å². The van der Waals surface area contributed by atoms with E-state index in [1.54, 1.807) is 0 Å². The molecule has 2 atom stereocenters. The zero-order valence-corrected chi connectivity index (χ0v) is 10.3. The maximum absolute atomic E-state index is 5.66. The third kappa shape index (κ3) is 3.70. The molecule has 2 rings (SSSR count). The van der Waals surface area contributed by atoms with E-state index < -0.39 is 0 Å². The molecule has 2 aliphatic rings. The van der Waals surface area contributed by atoms with E-state index in [-0.39, 0.29) is 0 Å². The van der Waals surface area contributed by atoms with E-state index >= 15 is 0 Å². The predicted octanol–water partition coefficient (Wildman–Crippen LogP) is 0.476. The Hall–Kier alpha value is -0.160. The van der Waals surface area contributed by atoms with Crippen molar-refractivity contribution in [1.82, 2.24) is 10.2 Å². The average Bonchev–Trinajstić information content (AvgIpc) is 2.84. The van der Waals surface area contributed by atoms with Gasteiger partial charge < -0.3 is 14.8 Å². The zero-order valence-electron chi connectivity index (χ0n) is 10.3. The Balaban J connectivity index is 1.56. The van der Waals surface area contributed by atoms with Crippen LogP contribution in [-0.4, -0.2) is 63.0 Å². The van der Waals surface area contributed by atoms with Gasteiger partial charge in [0, 0.05) is 38.8 Å². The van der Waals surface area contributed by atoms with Crippen molar-refractivity contribution in [2.24, 2.45) is 0 Å². The number of ether oxygens (including phenoxy) is 2. The van der Waals surface area contributed by atoms with Crippen LogP contribution in [0.5, 0.6) is 0 Å². The van der Waals surface area contributed by atoms with Gasteiger partial charge in [0.1, 0.15) is 0 Å². The molecule has 0 aromatic rings. The van der Waals surface area contributed by atoms with Crippen molar-refractivity contribution in [2.45, 2.75) is 31.9 Å². The molecular formula is C12H24N2O2. The highest BCUT2D eigenvalue weighted by Crippen LogP contribution is 2.15. The Labute approximate surface area is 98.3 Å². The Morgan fingerprint density at radius 3 is 2.81 bits per heavy atom. The summed E-state index contributed by atoms with van der Waals surface area (Å²) in [5.41, 5.74) is 0. The Kier molecular flexibility index (Phi) is 5.03. The van der Waals surface area contributed by atoms with Gasteiger partial charge >= 0.3 is 0 Å². The first-order chi connectivity index (χ1) is 7.86. The van der Waals surface area contributed by atoms with Crippen LogP contribution >= 0.6 is 0 Å². The van der Waals surface area contributed by atoms with Crippen LogP contribution in [0.3, 0.4) is 0 Å². The Morgan fingerprint density at radius 2 is 2.12 bits per heavy atom. The van der Waals surface area contributed by atoms with Crippen molar-refractivity contribution in [3.05, 3.63) is 0 Å². The van der Waals surface area contributed by atoms with Crippen molar-refractivity contribution >= 4 is 0 Å². The molecule has 0 saturated carbocycles. The normalized spacial score (nSPS) is 29.4. The monoisotopic (exact) mass is 228 g/mol. The number of nitrogens with zero attached hydrogens (tertiary/aromatic N) is 1. The van der Waals surface area contributed by atoms with Crippen LogP contribution < -0.4 is 5.32 Å². The summed E-state index contributed by atoms with van der Waals surface area (Å²) in [5, 5.41) is 3.56. The van der Waals surface area contributed by atoms with Crippen molar-refractivity contribution in [1.29, 1.82) is 0 Å². The molecule has 2 fully saturated rings. The van der Waals surface area contributed by atoms with E-state index in [4.69, 9.17) is 9.47 Å². The summed E-state index contributed by atoms with van der Waals surface area (Å²) in [6, 6.07) is 0.489. The molecule has 0 amide bonds. The Bertz CT molecular complexity index is 189. The maximum atomic E-state index is 5.66. The number of rotatable bonds is 5. The van der Waals surface area contributed by atoms with Crippen LogP contribution in [0.1, 0.15) is 19.8 Å². The van der Waals surface area contributed by atoms with Gasteiger partial charge in [-0.2, -0.15) is 0 Å². The van der Waals surface area contributed by atoms with Gasteiger partial charge in [0.05, 0.1) is 19.3 Å². The molecule has 0 aliphatic carbocycles. The molecule has 94 valence electrons. The minimum absolute atomic E-state index is 0.435. The lowest BCUT2D eigenvalue weighted by Crippen LogP contribution is -2.44. The standard InChI is InChI=1S/C12H24N2O2/c1-11(12-3-2-8-16-12)13-4-5-14-6-9-15-10-7-14/h11-13H,2-10H2,1H3. The SMILES string of the molecule is CC(NCCN1CCOCC1)C1CCCO1. The summed E-state index contributed by atoms with van der Waals surface area (Å²) in [5.74, 6) is 0. The fourth-order valence-corrected chi connectivity index (χ4v) is 2.40. The summed E-state index contributed by atoms with van der Waals surface area (Å²) < 4.78 is 11.0. The van der Waals surface area contributed by atoms with E-state index in [1.165, 1.54) is 12.8 Å². The highest BCUT2D eigenvalue weighted by atomic mass is 16.5. The summed E-state index contributed by atoms with van der Waals surface area (Å²) >= 11 is 0.